The largest absolute Gasteiger partial charge is 0.338 e. The van der Waals surface area contributed by atoms with E-state index in [9.17, 15) is 10.1 Å². The molecule has 0 aliphatic heterocycles. The molecule has 3 aromatic rings. The number of pyridine rings is 2. The molecule has 0 radical (unpaired) electrons. The van der Waals surface area contributed by atoms with E-state index < -0.39 is 4.92 Å². The van der Waals surface area contributed by atoms with Crippen LogP contribution < -0.4 is 5.32 Å². The van der Waals surface area contributed by atoms with E-state index in [0.29, 0.717) is 32.9 Å². The van der Waals surface area contributed by atoms with E-state index >= 15 is 0 Å². The molecular formula is C14H10Cl2N6O2. The number of halogens is 2. The quantitative estimate of drug-likeness (QED) is 0.556. The van der Waals surface area contributed by atoms with Gasteiger partial charge in [-0.25, -0.2) is 14.6 Å². The molecule has 1 N–H and O–H groups in total. The Morgan fingerprint density at radius 2 is 2.00 bits per heavy atom. The molecule has 24 heavy (non-hydrogen) atoms. The van der Waals surface area contributed by atoms with Gasteiger partial charge in [0.25, 0.3) is 5.69 Å². The predicted molar refractivity (Wildman–Crippen MR) is 90.3 cm³/mol. The van der Waals surface area contributed by atoms with Crippen molar-refractivity contribution in [1.82, 2.24) is 19.7 Å². The topological polar surface area (TPSA) is 98.8 Å². The minimum Gasteiger partial charge on any atom is -0.338 e. The molecule has 0 amide bonds. The zero-order chi connectivity index (χ0) is 17.3. The highest BCUT2D eigenvalue weighted by Crippen LogP contribution is 2.24. The highest BCUT2D eigenvalue weighted by atomic mass is 35.5. The van der Waals surface area contributed by atoms with Crippen LogP contribution in [-0.4, -0.2) is 24.7 Å². The maximum absolute atomic E-state index is 10.8. The van der Waals surface area contributed by atoms with Gasteiger partial charge in [-0.1, -0.05) is 23.2 Å². The van der Waals surface area contributed by atoms with Crippen LogP contribution in [0.15, 0.2) is 36.9 Å². The number of nitrogens with zero attached hydrogens (tertiary/aromatic N) is 5. The molecule has 3 aromatic heterocycles. The summed E-state index contributed by atoms with van der Waals surface area (Å²) in [6.07, 6.45) is 5.91. The fourth-order valence-corrected chi connectivity index (χ4v) is 2.50. The Kier molecular flexibility index (Phi) is 4.32. The summed E-state index contributed by atoms with van der Waals surface area (Å²) in [5.74, 6) is 0.898. The number of hydrogen-bond acceptors (Lipinski definition) is 6. The van der Waals surface area contributed by atoms with Gasteiger partial charge < -0.3 is 5.32 Å². The van der Waals surface area contributed by atoms with Crippen molar-refractivity contribution < 1.29 is 4.92 Å². The lowest BCUT2D eigenvalue weighted by molar-refractivity contribution is -0.385. The molecule has 3 heterocycles. The molecule has 3 rings (SSSR count). The summed E-state index contributed by atoms with van der Waals surface area (Å²) in [7, 11) is 0. The van der Waals surface area contributed by atoms with Gasteiger partial charge in [0.05, 0.1) is 33.0 Å². The number of aromatic nitrogens is 4. The fraction of sp³-hybridized carbons (Fsp3) is 0.0714. The van der Waals surface area contributed by atoms with Crippen LogP contribution in [0.5, 0.6) is 0 Å². The van der Waals surface area contributed by atoms with E-state index in [1.807, 2.05) is 0 Å². The smallest absolute Gasteiger partial charge is 0.290 e. The van der Waals surface area contributed by atoms with E-state index in [-0.39, 0.29) is 5.69 Å². The summed E-state index contributed by atoms with van der Waals surface area (Å²) in [6.45, 7) is 1.64. The maximum atomic E-state index is 10.8. The zero-order valence-corrected chi connectivity index (χ0v) is 13.8. The average molecular weight is 365 g/mol. The van der Waals surface area contributed by atoms with E-state index in [1.54, 1.807) is 31.5 Å². The van der Waals surface area contributed by atoms with Gasteiger partial charge in [-0.2, -0.15) is 5.10 Å². The molecule has 10 heteroatoms. The van der Waals surface area contributed by atoms with Crippen LogP contribution in [0.4, 0.5) is 17.2 Å². The molecule has 0 aliphatic rings. The zero-order valence-electron chi connectivity index (χ0n) is 12.3. The number of rotatable bonds is 4. The first-order valence-electron chi connectivity index (χ1n) is 6.68. The van der Waals surface area contributed by atoms with Crippen LogP contribution in [0.2, 0.25) is 10.0 Å². The van der Waals surface area contributed by atoms with Crippen molar-refractivity contribution in [3.63, 3.8) is 0 Å². The van der Waals surface area contributed by atoms with Crippen molar-refractivity contribution in [3.8, 4) is 5.82 Å². The molecule has 0 spiro atoms. The third kappa shape index (κ3) is 3.29. The molecule has 0 saturated heterocycles. The number of nitro groups is 1. The molecule has 8 nitrogen and oxygen atoms in total. The van der Waals surface area contributed by atoms with Crippen LogP contribution in [-0.2, 0) is 0 Å². The highest BCUT2D eigenvalue weighted by Gasteiger charge is 2.12. The van der Waals surface area contributed by atoms with Crippen LogP contribution >= 0.6 is 23.2 Å². The van der Waals surface area contributed by atoms with Crippen molar-refractivity contribution in [2.75, 3.05) is 5.32 Å². The summed E-state index contributed by atoms with van der Waals surface area (Å²) >= 11 is 11.9. The SMILES string of the molecule is Cc1cc(Nc2cnn(-c3ncc(Cl)cc3Cl)c2)ncc1[N+](=O)[O-]. The monoisotopic (exact) mass is 364 g/mol. The maximum Gasteiger partial charge on any atom is 0.290 e. The van der Waals surface area contributed by atoms with Crippen LogP contribution in [0.25, 0.3) is 5.82 Å². The standard InChI is InChI=1S/C14H10Cl2N6O2/c1-8-2-13(17-6-12(8)22(23)24)20-10-5-19-21(7-10)14-11(16)3-9(15)4-18-14/h2-7H,1H3,(H,17,20). The minimum atomic E-state index is -0.474. The Bertz CT molecular complexity index is 927. The van der Waals surface area contributed by atoms with E-state index in [0.717, 1.165) is 0 Å². The Morgan fingerprint density at radius 3 is 2.67 bits per heavy atom. The Balaban J connectivity index is 1.84. The molecule has 0 bridgehead atoms. The molecule has 0 saturated carbocycles. The molecule has 122 valence electrons. The molecule has 0 fully saturated rings. The van der Waals surface area contributed by atoms with Crippen LogP contribution in [0.1, 0.15) is 5.56 Å². The van der Waals surface area contributed by atoms with Crippen LogP contribution in [0.3, 0.4) is 0 Å². The minimum absolute atomic E-state index is 0.0339. The van der Waals surface area contributed by atoms with Crippen LogP contribution in [0, 0.1) is 17.0 Å². The summed E-state index contributed by atoms with van der Waals surface area (Å²) in [4.78, 5) is 18.5. The first-order chi connectivity index (χ1) is 11.4. The molecule has 0 aliphatic carbocycles. The lowest BCUT2D eigenvalue weighted by atomic mass is 10.2. The van der Waals surface area contributed by atoms with Gasteiger partial charge in [0.2, 0.25) is 0 Å². The van der Waals surface area contributed by atoms with Gasteiger partial charge in [0, 0.05) is 11.8 Å². The predicted octanol–water partition coefficient (Wildman–Crippen LogP) is 3.93. The van der Waals surface area contributed by atoms with Gasteiger partial charge in [-0.05, 0) is 19.1 Å². The number of aryl methyl sites for hydroxylation is 1. The second-order valence-electron chi connectivity index (χ2n) is 4.87. The second-order valence-corrected chi connectivity index (χ2v) is 5.71. The third-order valence-electron chi connectivity index (χ3n) is 3.14. The van der Waals surface area contributed by atoms with Gasteiger partial charge >= 0.3 is 0 Å². The first-order valence-corrected chi connectivity index (χ1v) is 7.44. The Hall–Kier alpha value is -2.71. The molecule has 0 aromatic carbocycles. The van der Waals surface area contributed by atoms with E-state index in [4.69, 9.17) is 23.2 Å². The van der Waals surface area contributed by atoms with Crippen molar-refractivity contribution in [2.45, 2.75) is 6.92 Å². The summed E-state index contributed by atoms with van der Waals surface area (Å²) in [6, 6.07) is 3.16. The molecule has 0 atom stereocenters. The second kappa shape index (κ2) is 6.42. The average Bonchev–Trinajstić information content (AvgIpc) is 2.95. The summed E-state index contributed by atoms with van der Waals surface area (Å²) in [5.41, 5.74) is 1.10. The first kappa shape index (κ1) is 16.2. The fourth-order valence-electron chi connectivity index (χ4n) is 2.04. The van der Waals surface area contributed by atoms with Crippen molar-refractivity contribution >= 4 is 40.4 Å². The third-order valence-corrected chi connectivity index (χ3v) is 3.63. The van der Waals surface area contributed by atoms with Crippen molar-refractivity contribution in [3.05, 3.63) is 62.6 Å². The Morgan fingerprint density at radius 1 is 1.21 bits per heavy atom. The van der Waals surface area contributed by atoms with Crippen molar-refractivity contribution in [1.29, 1.82) is 0 Å². The molecule has 0 unspecified atom stereocenters. The van der Waals surface area contributed by atoms with E-state index in [2.05, 4.69) is 20.4 Å². The lowest BCUT2D eigenvalue weighted by Gasteiger charge is -2.04. The Labute approximate surface area is 146 Å². The van der Waals surface area contributed by atoms with Gasteiger partial charge in [-0.15, -0.1) is 0 Å². The highest BCUT2D eigenvalue weighted by molar-refractivity contribution is 6.35. The van der Waals surface area contributed by atoms with Crippen molar-refractivity contribution in [2.24, 2.45) is 0 Å². The number of nitrogens with one attached hydrogen (secondary N) is 1. The number of anilines is 2. The van der Waals surface area contributed by atoms with Gasteiger partial charge in [0.1, 0.15) is 12.0 Å². The summed E-state index contributed by atoms with van der Waals surface area (Å²) in [5, 5.41) is 18.8. The van der Waals surface area contributed by atoms with Gasteiger partial charge in [0.15, 0.2) is 5.82 Å². The normalized spacial score (nSPS) is 10.6. The summed E-state index contributed by atoms with van der Waals surface area (Å²) < 4.78 is 1.49. The number of hydrogen-bond donors (Lipinski definition) is 1. The van der Waals surface area contributed by atoms with E-state index in [1.165, 1.54) is 17.1 Å². The molecular weight excluding hydrogens is 355 g/mol. The lowest BCUT2D eigenvalue weighted by Crippen LogP contribution is -1.99. The van der Waals surface area contributed by atoms with Gasteiger partial charge in [-0.3, -0.25) is 10.1 Å².